The molecule has 0 bridgehead atoms. The van der Waals surface area contributed by atoms with Crippen molar-refractivity contribution in [1.29, 1.82) is 0 Å². The van der Waals surface area contributed by atoms with E-state index in [0.717, 1.165) is 32.4 Å². The van der Waals surface area contributed by atoms with Crippen molar-refractivity contribution in [3.05, 3.63) is 48.0 Å². The van der Waals surface area contributed by atoms with Crippen LogP contribution in [0.25, 0.3) is 10.8 Å². The molecule has 0 aromatic heterocycles. The highest BCUT2D eigenvalue weighted by atomic mass is 16.4. The van der Waals surface area contributed by atoms with Gasteiger partial charge < -0.3 is 10.0 Å². The maximum absolute atomic E-state index is 12.8. The summed E-state index contributed by atoms with van der Waals surface area (Å²) in [5, 5.41) is 11.7. The Kier molecular flexibility index (Phi) is 4.66. The zero-order valence-electron chi connectivity index (χ0n) is 14.9. The average Bonchev–Trinajstić information content (AvgIpc) is 3.18. The monoisotopic (exact) mass is 351 g/mol. The van der Waals surface area contributed by atoms with Gasteiger partial charge in [-0.05, 0) is 54.4 Å². The van der Waals surface area contributed by atoms with E-state index >= 15 is 0 Å². The van der Waals surface area contributed by atoms with Crippen molar-refractivity contribution in [1.82, 2.24) is 4.90 Å². The highest BCUT2D eigenvalue weighted by Gasteiger charge is 2.37. The number of carbonyl (C=O) groups is 2. The zero-order valence-corrected chi connectivity index (χ0v) is 14.9. The summed E-state index contributed by atoms with van der Waals surface area (Å²) in [5.41, 5.74) is 1.39. The van der Waals surface area contributed by atoms with Gasteiger partial charge in [-0.25, -0.2) is 0 Å². The van der Waals surface area contributed by atoms with Crippen molar-refractivity contribution in [3.8, 4) is 0 Å². The van der Waals surface area contributed by atoms with Crippen LogP contribution in [0.2, 0.25) is 0 Å². The molecule has 4 heteroatoms. The van der Waals surface area contributed by atoms with E-state index in [1.807, 2.05) is 4.90 Å². The molecule has 2 aliphatic rings. The summed E-state index contributed by atoms with van der Waals surface area (Å²) in [7, 11) is 0. The van der Waals surface area contributed by atoms with E-state index in [0.29, 0.717) is 18.8 Å². The minimum Gasteiger partial charge on any atom is -0.481 e. The van der Waals surface area contributed by atoms with Gasteiger partial charge in [0, 0.05) is 19.0 Å². The van der Waals surface area contributed by atoms with E-state index in [2.05, 4.69) is 42.5 Å². The Morgan fingerprint density at radius 3 is 2.31 bits per heavy atom. The summed E-state index contributed by atoms with van der Waals surface area (Å²) in [4.78, 5) is 25.9. The fourth-order valence-electron chi connectivity index (χ4n) is 4.71. The van der Waals surface area contributed by atoms with E-state index in [4.69, 9.17) is 5.11 Å². The molecule has 1 saturated carbocycles. The molecule has 0 spiro atoms. The van der Waals surface area contributed by atoms with E-state index in [1.54, 1.807) is 0 Å². The van der Waals surface area contributed by atoms with Crippen LogP contribution in [0.15, 0.2) is 42.5 Å². The van der Waals surface area contributed by atoms with Gasteiger partial charge in [0.2, 0.25) is 5.91 Å². The summed E-state index contributed by atoms with van der Waals surface area (Å²) in [5.74, 6) is -0.525. The normalized spacial score (nSPS) is 24.1. The van der Waals surface area contributed by atoms with E-state index in [-0.39, 0.29) is 17.7 Å². The molecule has 0 radical (unpaired) electrons. The molecular formula is C22H25NO3. The first-order valence-electron chi connectivity index (χ1n) is 9.62. The van der Waals surface area contributed by atoms with Crippen LogP contribution in [-0.2, 0) is 9.59 Å². The molecule has 0 unspecified atom stereocenters. The molecule has 1 aliphatic carbocycles. The van der Waals surface area contributed by atoms with Crippen molar-refractivity contribution >= 4 is 22.6 Å². The Morgan fingerprint density at radius 1 is 0.885 bits per heavy atom. The van der Waals surface area contributed by atoms with Gasteiger partial charge in [0.25, 0.3) is 0 Å². The molecule has 1 amide bonds. The lowest BCUT2D eigenvalue weighted by Crippen LogP contribution is -2.41. The predicted octanol–water partition coefficient (Wildman–Crippen LogP) is 4.05. The second kappa shape index (κ2) is 7.10. The van der Waals surface area contributed by atoms with Crippen molar-refractivity contribution in [3.63, 3.8) is 0 Å². The van der Waals surface area contributed by atoms with E-state index < -0.39 is 5.97 Å². The third-order valence-corrected chi connectivity index (χ3v) is 6.20. The number of rotatable bonds is 3. The maximum Gasteiger partial charge on any atom is 0.306 e. The first kappa shape index (κ1) is 17.1. The lowest BCUT2D eigenvalue weighted by atomic mass is 9.86. The minimum absolute atomic E-state index is 0.0924. The number of nitrogens with zero attached hydrogens (tertiary/aromatic N) is 1. The Bertz CT molecular complexity index is 818. The molecule has 26 heavy (non-hydrogen) atoms. The van der Waals surface area contributed by atoms with Crippen LogP contribution >= 0.6 is 0 Å². The van der Waals surface area contributed by atoms with Gasteiger partial charge >= 0.3 is 5.97 Å². The molecule has 1 saturated heterocycles. The summed E-state index contributed by atoms with van der Waals surface area (Å²) in [6, 6.07) is 15.0. The number of carboxylic acids is 1. The number of hydrogen-bond donors (Lipinski definition) is 1. The number of piperidine rings is 1. The number of benzene rings is 2. The number of aliphatic carboxylic acids is 1. The van der Waals surface area contributed by atoms with E-state index in [1.165, 1.54) is 16.3 Å². The second-order valence-electron chi connectivity index (χ2n) is 7.71. The van der Waals surface area contributed by atoms with Gasteiger partial charge in [0.1, 0.15) is 0 Å². The molecule has 2 aromatic carbocycles. The summed E-state index contributed by atoms with van der Waals surface area (Å²) in [6.45, 7) is 1.56. The SMILES string of the molecule is O=C(O)[C@@H]1CC[C@H](C(=O)N2CCC(c3cccc4ccccc34)CC2)C1. The number of fused-ring (bicyclic) bond motifs is 1. The zero-order chi connectivity index (χ0) is 18.1. The maximum atomic E-state index is 12.8. The summed E-state index contributed by atoms with van der Waals surface area (Å²) < 4.78 is 0. The molecule has 4 nitrogen and oxygen atoms in total. The lowest BCUT2D eigenvalue weighted by Gasteiger charge is -2.34. The molecule has 2 fully saturated rings. The fraction of sp³-hybridized carbons (Fsp3) is 0.455. The predicted molar refractivity (Wildman–Crippen MR) is 101 cm³/mol. The molecule has 4 rings (SSSR count). The first-order chi connectivity index (χ1) is 12.6. The number of amides is 1. The first-order valence-corrected chi connectivity index (χ1v) is 9.62. The molecule has 2 atom stereocenters. The quantitative estimate of drug-likeness (QED) is 0.908. The highest BCUT2D eigenvalue weighted by Crippen LogP contribution is 2.36. The molecular weight excluding hydrogens is 326 g/mol. The van der Waals surface area contributed by atoms with Crippen molar-refractivity contribution in [2.45, 2.75) is 38.0 Å². The van der Waals surface area contributed by atoms with Crippen LogP contribution < -0.4 is 0 Å². The van der Waals surface area contributed by atoms with Crippen LogP contribution in [0.4, 0.5) is 0 Å². The fourth-order valence-corrected chi connectivity index (χ4v) is 4.71. The summed E-state index contributed by atoms with van der Waals surface area (Å²) >= 11 is 0. The minimum atomic E-state index is -0.755. The van der Waals surface area contributed by atoms with E-state index in [9.17, 15) is 9.59 Å². The van der Waals surface area contributed by atoms with Crippen LogP contribution in [0.1, 0.15) is 43.6 Å². The van der Waals surface area contributed by atoms with Gasteiger partial charge in [-0.3, -0.25) is 9.59 Å². The van der Waals surface area contributed by atoms with Crippen molar-refractivity contribution in [2.24, 2.45) is 11.8 Å². The largest absolute Gasteiger partial charge is 0.481 e. The topological polar surface area (TPSA) is 57.6 Å². The number of hydrogen-bond acceptors (Lipinski definition) is 2. The van der Waals surface area contributed by atoms with Crippen LogP contribution in [-0.4, -0.2) is 35.0 Å². The number of carboxylic acid groups (broad SMARTS) is 1. The standard InChI is InChI=1S/C22H25NO3/c24-21(17-8-9-18(14-17)22(25)26)23-12-10-16(11-13-23)20-7-3-5-15-4-1-2-6-19(15)20/h1-7,16-18H,8-14H2,(H,25,26)/t17-,18+/m0/s1. The summed E-state index contributed by atoms with van der Waals surface area (Å²) in [6.07, 6.45) is 3.83. The highest BCUT2D eigenvalue weighted by molar-refractivity contribution is 5.86. The Morgan fingerprint density at radius 2 is 1.58 bits per heavy atom. The van der Waals surface area contributed by atoms with Crippen LogP contribution in [0.5, 0.6) is 0 Å². The number of carbonyl (C=O) groups excluding carboxylic acids is 1. The Balaban J connectivity index is 1.41. The molecule has 2 aromatic rings. The van der Waals surface area contributed by atoms with Crippen molar-refractivity contribution in [2.75, 3.05) is 13.1 Å². The van der Waals surface area contributed by atoms with Crippen LogP contribution in [0, 0.1) is 11.8 Å². The second-order valence-corrected chi connectivity index (χ2v) is 7.71. The van der Waals surface area contributed by atoms with Gasteiger partial charge in [0.15, 0.2) is 0 Å². The smallest absolute Gasteiger partial charge is 0.306 e. The van der Waals surface area contributed by atoms with Gasteiger partial charge in [0.05, 0.1) is 5.92 Å². The van der Waals surface area contributed by atoms with Gasteiger partial charge in [-0.1, -0.05) is 42.5 Å². The molecule has 136 valence electrons. The van der Waals surface area contributed by atoms with Gasteiger partial charge in [-0.2, -0.15) is 0 Å². The Labute approximate surface area is 153 Å². The molecule has 1 aliphatic heterocycles. The lowest BCUT2D eigenvalue weighted by molar-refractivity contribution is -0.141. The third-order valence-electron chi connectivity index (χ3n) is 6.20. The number of likely N-dealkylation sites (tertiary alicyclic amines) is 1. The van der Waals surface area contributed by atoms with Crippen LogP contribution in [0.3, 0.4) is 0 Å². The molecule has 1 N–H and O–H groups in total. The Hall–Kier alpha value is -2.36. The average molecular weight is 351 g/mol. The van der Waals surface area contributed by atoms with Gasteiger partial charge in [-0.15, -0.1) is 0 Å². The van der Waals surface area contributed by atoms with Crippen molar-refractivity contribution < 1.29 is 14.7 Å². The third kappa shape index (κ3) is 3.20. The molecule has 1 heterocycles.